The van der Waals surface area contributed by atoms with Crippen molar-refractivity contribution in [2.75, 3.05) is 42.3 Å². The first-order valence-electron chi connectivity index (χ1n) is 6.12. The molecule has 0 N–H and O–H groups in total. The molecule has 0 aliphatic carbocycles. The van der Waals surface area contributed by atoms with Crippen LogP contribution in [0, 0.1) is 0 Å². The molecule has 0 aliphatic rings. The first kappa shape index (κ1) is 15.1. The molecule has 0 unspecified atom stereocenters. The number of hydrogen-bond donors (Lipinski definition) is 0. The number of nitrogens with zero attached hydrogens (tertiary/aromatic N) is 3. The molecule has 0 radical (unpaired) electrons. The van der Waals surface area contributed by atoms with Crippen LogP contribution in [-0.2, 0) is 0 Å². The predicted octanol–water partition coefficient (Wildman–Crippen LogP) is 1.86. The van der Waals surface area contributed by atoms with Crippen LogP contribution in [0.4, 0.5) is 0 Å². The Morgan fingerprint density at radius 2 is 1.22 bits per heavy atom. The van der Waals surface area contributed by atoms with Gasteiger partial charge in [-0.3, -0.25) is 0 Å². The van der Waals surface area contributed by atoms with Gasteiger partial charge in [0.1, 0.15) is 0 Å². The Hall–Kier alpha value is -0.943. The van der Waals surface area contributed by atoms with E-state index in [2.05, 4.69) is 86.8 Å². The first-order chi connectivity index (χ1) is 8.35. The van der Waals surface area contributed by atoms with E-state index < -0.39 is 8.56 Å². The number of rotatable bonds is 5. The fourth-order valence-corrected chi connectivity index (χ4v) is 7.42. The van der Waals surface area contributed by atoms with Crippen molar-refractivity contribution in [3.05, 3.63) is 42.5 Å². The molecule has 3 nitrogen and oxygen atoms in total. The van der Waals surface area contributed by atoms with Gasteiger partial charge in [-0.25, -0.2) is 0 Å². The van der Waals surface area contributed by atoms with Crippen molar-refractivity contribution in [2.45, 2.75) is 0 Å². The Morgan fingerprint density at radius 1 is 0.833 bits per heavy atom. The van der Waals surface area contributed by atoms with E-state index in [0.29, 0.717) is 0 Å². The topological polar surface area (TPSA) is 9.72 Å². The average Bonchev–Trinajstić information content (AvgIpc) is 2.29. The zero-order valence-electron chi connectivity index (χ0n) is 12.4. The van der Waals surface area contributed by atoms with E-state index in [1.54, 1.807) is 0 Å². The molecule has 4 heteroatoms. The molecule has 0 saturated carbocycles. The highest BCUT2D eigenvalue weighted by atomic mass is 28.4. The molecule has 0 aromatic heterocycles. The monoisotopic (exact) mass is 263 g/mol. The van der Waals surface area contributed by atoms with E-state index in [-0.39, 0.29) is 0 Å². The van der Waals surface area contributed by atoms with E-state index in [9.17, 15) is 0 Å². The molecule has 0 atom stereocenters. The fraction of sp³-hybridized carbons (Fsp3) is 0.429. The van der Waals surface area contributed by atoms with Gasteiger partial charge in [0.25, 0.3) is 0 Å². The zero-order valence-corrected chi connectivity index (χ0v) is 13.4. The van der Waals surface area contributed by atoms with Crippen LogP contribution < -0.4 is 0 Å². The number of hydrogen-bond acceptors (Lipinski definition) is 3. The molecule has 1 aromatic rings. The largest absolute Gasteiger partial charge is 0.322 e. The van der Waals surface area contributed by atoms with Crippen molar-refractivity contribution in [1.29, 1.82) is 0 Å². The smallest absolute Gasteiger partial charge is 0.301 e. The third kappa shape index (κ3) is 2.42. The molecule has 0 amide bonds. The normalized spacial score (nSPS) is 12.5. The molecule has 1 aromatic carbocycles. The lowest BCUT2D eigenvalue weighted by Gasteiger charge is -2.47. The minimum Gasteiger partial charge on any atom is -0.301 e. The van der Waals surface area contributed by atoms with Crippen LogP contribution in [0.1, 0.15) is 5.56 Å². The van der Waals surface area contributed by atoms with Crippen molar-refractivity contribution < 1.29 is 0 Å². The lowest BCUT2D eigenvalue weighted by atomic mass is 10.2. The summed E-state index contributed by atoms with van der Waals surface area (Å²) in [7, 11) is 10.8. The van der Waals surface area contributed by atoms with Gasteiger partial charge >= 0.3 is 8.56 Å². The van der Waals surface area contributed by atoms with Crippen molar-refractivity contribution in [3.63, 3.8) is 0 Å². The van der Waals surface area contributed by atoms with Crippen LogP contribution in [0.5, 0.6) is 0 Å². The van der Waals surface area contributed by atoms with Gasteiger partial charge in [0.05, 0.1) is 0 Å². The third-order valence-electron chi connectivity index (χ3n) is 3.40. The summed E-state index contributed by atoms with van der Waals surface area (Å²) in [5, 5.41) is 1.21. The van der Waals surface area contributed by atoms with E-state index >= 15 is 0 Å². The van der Waals surface area contributed by atoms with Crippen molar-refractivity contribution in [2.24, 2.45) is 0 Å². The van der Waals surface area contributed by atoms with Crippen molar-refractivity contribution >= 4 is 13.8 Å². The van der Waals surface area contributed by atoms with Gasteiger partial charge in [-0.1, -0.05) is 36.9 Å². The standard InChI is InChI=1S/C14H25N3Si/c1-13(14-11-9-8-10-12-14)18(15(2)3,16(4)5)17(6)7/h8-12H,1H2,2-7H3. The van der Waals surface area contributed by atoms with Crippen LogP contribution >= 0.6 is 0 Å². The number of benzene rings is 1. The summed E-state index contributed by atoms with van der Waals surface area (Å²) >= 11 is 0. The Labute approximate surface area is 113 Å². The molecule has 0 bridgehead atoms. The van der Waals surface area contributed by atoms with E-state index in [4.69, 9.17) is 0 Å². The minimum absolute atomic E-state index is 1.21. The predicted molar refractivity (Wildman–Crippen MR) is 82.3 cm³/mol. The molecule has 18 heavy (non-hydrogen) atoms. The Kier molecular flexibility index (Phi) is 4.87. The first-order valence-corrected chi connectivity index (χ1v) is 7.96. The second-order valence-corrected chi connectivity index (χ2v) is 9.72. The van der Waals surface area contributed by atoms with Gasteiger partial charge in [0.15, 0.2) is 0 Å². The maximum Gasteiger partial charge on any atom is 0.322 e. The van der Waals surface area contributed by atoms with Gasteiger partial charge < -0.3 is 13.7 Å². The average molecular weight is 263 g/mol. The Balaban J connectivity index is 3.32. The summed E-state index contributed by atoms with van der Waals surface area (Å²) in [6, 6.07) is 10.5. The summed E-state index contributed by atoms with van der Waals surface area (Å²) in [6.45, 7) is 4.40. The molecule has 0 saturated heterocycles. The van der Waals surface area contributed by atoms with E-state index in [1.165, 1.54) is 10.8 Å². The van der Waals surface area contributed by atoms with Gasteiger partial charge in [-0.2, -0.15) is 0 Å². The minimum atomic E-state index is -2.07. The maximum absolute atomic E-state index is 4.40. The van der Waals surface area contributed by atoms with Crippen LogP contribution in [0.3, 0.4) is 0 Å². The Bertz CT molecular complexity index is 377. The van der Waals surface area contributed by atoms with Crippen LogP contribution in [0.25, 0.3) is 5.20 Å². The molecule has 1 rings (SSSR count). The highest BCUT2D eigenvalue weighted by molar-refractivity contribution is 6.89. The second kappa shape index (κ2) is 5.80. The van der Waals surface area contributed by atoms with E-state index in [0.717, 1.165) is 0 Å². The van der Waals surface area contributed by atoms with Crippen LogP contribution in [0.15, 0.2) is 36.9 Å². The zero-order chi connectivity index (χ0) is 13.9. The van der Waals surface area contributed by atoms with E-state index in [1.807, 2.05) is 6.07 Å². The lowest BCUT2D eigenvalue weighted by molar-refractivity contribution is 0.398. The summed E-state index contributed by atoms with van der Waals surface area (Å²) < 4.78 is 6.97. The molecule has 0 fully saturated rings. The molecule has 0 heterocycles. The Morgan fingerprint density at radius 3 is 1.56 bits per heavy atom. The highest BCUT2D eigenvalue weighted by Crippen LogP contribution is 2.28. The summed E-state index contributed by atoms with van der Waals surface area (Å²) in [4.78, 5) is 0. The quantitative estimate of drug-likeness (QED) is 0.751. The third-order valence-corrected chi connectivity index (χ3v) is 8.24. The molecule has 0 aliphatic heterocycles. The van der Waals surface area contributed by atoms with Gasteiger partial charge in [-0.15, -0.1) is 0 Å². The molecular formula is C14H25N3Si. The fourth-order valence-electron chi connectivity index (χ4n) is 2.84. The highest BCUT2D eigenvalue weighted by Gasteiger charge is 2.46. The van der Waals surface area contributed by atoms with Crippen molar-refractivity contribution in [3.8, 4) is 0 Å². The van der Waals surface area contributed by atoms with Gasteiger partial charge in [-0.05, 0) is 53.0 Å². The summed E-state index contributed by atoms with van der Waals surface area (Å²) in [5.74, 6) is 0. The van der Waals surface area contributed by atoms with Crippen LogP contribution in [0.2, 0.25) is 0 Å². The second-order valence-electron chi connectivity index (χ2n) is 5.16. The van der Waals surface area contributed by atoms with Crippen molar-refractivity contribution in [1.82, 2.24) is 13.7 Å². The lowest BCUT2D eigenvalue weighted by Crippen LogP contribution is -2.70. The molecule has 100 valence electrons. The summed E-state index contributed by atoms with van der Waals surface area (Å²) in [5.41, 5.74) is 1.22. The SMILES string of the molecule is C=C(c1ccccc1)[Si](N(C)C)(N(C)C)N(C)C. The maximum atomic E-state index is 4.40. The van der Waals surface area contributed by atoms with Gasteiger partial charge in [0.2, 0.25) is 0 Å². The molecular weight excluding hydrogens is 238 g/mol. The summed E-state index contributed by atoms with van der Waals surface area (Å²) in [6.07, 6.45) is 0. The van der Waals surface area contributed by atoms with Crippen LogP contribution in [-0.4, -0.2) is 64.5 Å². The van der Waals surface area contributed by atoms with Gasteiger partial charge in [0, 0.05) is 0 Å². The molecule has 0 spiro atoms.